The summed E-state index contributed by atoms with van der Waals surface area (Å²) in [4.78, 5) is 4.64. The number of aliphatic imine (C=N–C) groups is 1. The Balaban J connectivity index is 0.00000220. The standard InChI is InChI=1S/C16H26N4.HI/c1-2-17-16(18-10-9-15-7-3-4-8-15)19-11-14-20-12-5-6-13-20;/h5-7,12-13H,2-4,8-11,14H2,1H3,(H2,17,18,19);1H. The first kappa shape index (κ1) is 18.1. The molecule has 2 N–H and O–H groups in total. The third-order valence-electron chi connectivity index (χ3n) is 3.51. The summed E-state index contributed by atoms with van der Waals surface area (Å²) in [7, 11) is 0. The quantitative estimate of drug-likeness (QED) is 0.319. The highest BCUT2D eigenvalue weighted by Gasteiger charge is 2.03. The van der Waals surface area contributed by atoms with Gasteiger partial charge >= 0.3 is 0 Å². The summed E-state index contributed by atoms with van der Waals surface area (Å²) in [6, 6.07) is 4.10. The Bertz CT molecular complexity index is 437. The Labute approximate surface area is 145 Å². The van der Waals surface area contributed by atoms with E-state index in [-0.39, 0.29) is 24.0 Å². The maximum Gasteiger partial charge on any atom is 0.191 e. The van der Waals surface area contributed by atoms with Gasteiger partial charge < -0.3 is 15.2 Å². The summed E-state index contributed by atoms with van der Waals surface area (Å²) in [6.45, 7) is 5.73. The van der Waals surface area contributed by atoms with Gasteiger partial charge in [-0.3, -0.25) is 4.99 Å². The van der Waals surface area contributed by atoms with Crippen LogP contribution in [0.3, 0.4) is 0 Å². The molecule has 0 saturated heterocycles. The van der Waals surface area contributed by atoms with Crippen molar-refractivity contribution in [2.24, 2.45) is 4.99 Å². The van der Waals surface area contributed by atoms with Crippen LogP contribution in [0.15, 0.2) is 41.2 Å². The van der Waals surface area contributed by atoms with Crippen LogP contribution in [0.1, 0.15) is 32.6 Å². The third kappa shape index (κ3) is 7.02. The minimum Gasteiger partial charge on any atom is -0.357 e. The molecule has 0 atom stereocenters. The summed E-state index contributed by atoms with van der Waals surface area (Å²) in [5.74, 6) is 0.929. The van der Waals surface area contributed by atoms with E-state index in [4.69, 9.17) is 0 Å². The second kappa shape index (κ2) is 10.7. The van der Waals surface area contributed by atoms with Crippen molar-refractivity contribution in [3.8, 4) is 0 Å². The number of allylic oxidation sites excluding steroid dienone is 1. The Morgan fingerprint density at radius 2 is 2.10 bits per heavy atom. The fourth-order valence-electron chi connectivity index (χ4n) is 2.44. The molecule has 0 spiro atoms. The van der Waals surface area contributed by atoms with Crippen LogP contribution in [0.2, 0.25) is 0 Å². The van der Waals surface area contributed by atoms with Gasteiger partial charge in [0.2, 0.25) is 0 Å². The van der Waals surface area contributed by atoms with Gasteiger partial charge in [0.25, 0.3) is 0 Å². The topological polar surface area (TPSA) is 41.4 Å². The molecule has 4 nitrogen and oxygen atoms in total. The lowest BCUT2D eigenvalue weighted by atomic mass is 10.2. The maximum absolute atomic E-state index is 4.64. The molecule has 0 radical (unpaired) electrons. The molecule has 5 heteroatoms. The van der Waals surface area contributed by atoms with Crippen molar-refractivity contribution in [3.05, 3.63) is 36.2 Å². The largest absolute Gasteiger partial charge is 0.357 e. The molecule has 1 aromatic heterocycles. The fraction of sp³-hybridized carbons (Fsp3) is 0.562. The van der Waals surface area contributed by atoms with Crippen molar-refractivity contribution in [2.75, 3.05) is 19.6 Å². The number of nitrogens with zero attached hydrogens (tertiary/aromatic N) is 2. The average Bonchev–Trinajstić information content (AvgIpc) is 3.11. The lowest BCUT2D eigenvalue weighted by Gasteiger charge is -2.11. The monoisotopic (exact) mass is 402 g/mol. The van der Waals surface area contributed by atoms with Gasteiger partial charge in [-0.05, 0) is 44.7 Å². The molecule has 0 saturated carbocycles. The summed E-state index contributed by atoms with van der Waals surface area (Å²) >= 11 is 0. The number of halogens is 1. The molecule has 1 aliphatic rings. The van der Waals surface area contributed by atoms with Gasteiger partial charge in [-0.25, -0.2) is 0 Å². The zero-order valence-electron chi connectivity index (χ0n) is 12.8. The summed E-state index contributed by atoms with van der Waals surface area (Å²) < 4.78 is 2.17. The van der Waals surface area contributed by atoms with Gasteiger partial charge in [0, 0.05) is 38.6 Å². The van der Waals surface area contributed by atoms with E-state index in [2.05, 4.69) is 57.7 Å². The molecular weight excluding hydrogens is 375 g/mol. The van der Waals surface area contributed by atoms with E-state index in [0.29, 0.717) is 0 Å². The summed E-state index contributed by atoms with van der Waals surface area (Å²) in [5.41, 5.74) is 1.58. The minimum absolute atomic E-state index is 0. The highest BCUT2D eigenvalue weighted by Crippen LogP contribution is 2.20. The average molecular weight is 402 g/mol. The Hall–Kier alpha value is -0.980. The summed E-state index contributed by atoms with van der Waals surface area (Å²) in [5, 5.41) is 6.68. The number of hydrogen-bond acceptors (Lipinski definition) is 1. The van der Waals surface area contributed by atoms with E-state index < -0.39 is 0 Å². The summed E-state index contributed by atoms with van der Waals surface area (Å²) in [6.07, 6.45) is 11.5. The molecule has 1 aromatic rings. The van der Waals surface area contributed by atoms with Crippen LogP contribution in [0, 0.1) is 0 Å². The minimum atomic E-state index is 0. The smallest absolute Gasteiger partial charge is 0.191 e. The van der Waals surface area contributed by atoms with E-state index in [1.54, 1.807) is 5.57 Å². The van der Waals surface area contributed by atoms with Gasteiger partial charge in [-0.15, -0.1) is 24.0 Å². The highest BCUT2D eigenvalue weighted by atomic mass is 127. The van der Waals surface area contributed by atoms with E-state index >= 15 is 0 Å². The number of nitrogens with one attached hydrogen (secondary N) is 2. The fourth-order valence-corrected chi connectivity index (χ4v) is 2.44. The van der Waals surface area contributed by atoms with Crippen LogP contribution in [-0.4, -0.2) is 30.2 Å². The Morgan fingerprint density at radius 3 is 2.76 bits per heavy atom. The van der Waals surface area contributed by atoms with Crippen LogP contribution in [0.4, 0.5) is 0 Å². The third-order valence-corrected chi connectivity index (χ3v) is 3.51. The van der Waals surface area contributed by atoms with E-state index in [9.17, 15) is 0 Å². The maximum atomic E-state index is 4.64. The van der Waals surface area contributed by atoms with E-state index in [0.717, 1.165) is 38.6 Å². The Kier molecular flexibility index (Phi) is 9.21. The second-order valence-corrected chi connectivity index (χ2v) is 5.11. The Morgan fingerprint density at radius 1 is 1.29 bits per heavy atom. The first-order valence-corrected chi connectivity index (χ1v) is 7.69. The number of aromatic nitrogens is 1. The van der Waals surface area contributed by atoms with Gasteiger partial charge in [-0.1, -0.05) is 11.6 Å². The molecule has 21 heavy (non-hydrogen) atoms. The number of hydrogen-bond donors (Lipinski definition) is 2. The molecule has 0 aliphatic heterocycles. The molecule has 118 valence electrons. The van der Waals surface area contributed by atoms with Gasteiger partial charge in [0.15, 0.2) is 5.96 Å². The van der Waals surface area contributed by atoms with Crippen molar-refractivity contribution in [1.29, 1.82) is 0 Å². The molecule has 2 rings (SSSR count). The van der Waals surface area contributed by atoms with Crippen LogP contribution in [0.5, 0.6) is 0 Å². The SMILES string of the molecule is CCNC(=NCCC1=CCCC1)NCCn1cccc1.I. The van der Waals surface area contributed by atoms with Crippen LogP contribution in [0.25, 0.3) is 0 Å². The van der Waals surface area contributed by atoms with Crippen molar-refractivity contribution in [1.82, 2.24) is 15.2 Å². The van der Waals surface area contributed by atoms with Crippen LogP contribution < -0.4 is 10.6 Å². The number of guanidine groups is 1. The zero-order chi connectivity index (χ0) is 14.0. The highest BCUT2D eigenvalue weighted by molar-refractivity contribution is 14.0. The van der Waals surface area contributed by atoms with Crippen molar-refractivity contribution < 1.29 is 0 Å². The zero-order valence-corrected chi connectivity index (χ0v) is 15.2. The van der Waals surface area contributed by atoms with Crippen LogP contribution >= 0.6 is 24.0 Å². The molecule has 0 amide bonds. The second-order valence-electron chi connectivity index (χ2n) is 5.11. The molecule has 0 aromatic carbocycles. The number of rotatable bonds is 7. The molecule has 1 aliphatic carbocycles. The van der Waals surface area contributed by atoms with E-state index in [1.165, 1.54) is 19.3 Å². The predicted octanol–water partition coefficient (Wildman–Crippen LogP) is 3.16. The molecular formula is C16H27IN4. The molecule has 1 heterocycles. The lowest BCUT2D eigenvalue weighted by molar-refractivity contribution is 0.665. The molecule has 0 bridgehead atoms. The van der Waals surface area contributed by atoms with E-state index in [1.807, 2.05) is 0 Å². The lowest BCUT2D eigenvalue weighted by Crippen LogP contribution is -2.38. The van der Waals surface area contributed by atoms with Gasteiger partial charge in [0.05, 0.1) is 0 Å². The van der Waals surface area contributed by atoms with Gasteiger partial charge in [-0.2, -0.15) is 0 Å². The molecule has 0 unspecified atom stereocenters. The van der Waals surface area contributed by atoms with Crippen molar-refractivity contribution >= 4 is 29.9 Å². The van der Waals surface area contributed by atoms with Crippen molar-refractivity contribution in [3.63, 3.8) is 0 Å². The first-order chi connectivity index (χ1) is 9.88. The normalized spacial score (nSPS) is 14.5. The predicted molar refractivity (Wildman–Crippen MR) is 100 cm³/mol. The first-order valence-electron chi connectivity index (χ1n) is 7.69. The van der Waals surface area contributed by atoms with Crippen molar-refractivity contribution in [2.45, 2.75) is 39.2 Å². The van der Waals surface area contributed by atoms with Gasteiger partial charge in [0.1, 0.15) is 0 Å². The molecule has 0 fully saturated rings. The van der Waals surface area contributed by atoms with Crippen LogP contribution in [-0.2, 0) is 6.54 Å².